The van der Waals surface area contributed by atoms with Crippen molar-refractivity contribution >= 4 is 15.9 Å². The van der Waals surface area contributed by atoms with Crippen LogP contribution in [0.2, 0.25) is 0 Å². The van der Waals surface area contributed by atoms with E-state index in [2.05, 4.69) is 15.0 Å². The molecule has 8 heteroatoms. The number of nitrogens with zero attached hydrogens (tertiary/aromatic N) is 1. The van der Waals surface area contributed by atoms with Crippen LogP contribution < -0.4 is 14.8 Å². The Morgan fingerprint density at radius 3 is 2.48 bits per heavy atom. The van der Waals surface area contributed by atoms with E-state index in [0.29, 0.717) is 0 Å². The summed E-state index contributed by atoms with van der Waals surface area (Å²) in [6.45, 7) is 2.04. The molecule has 0 fully saturated rings. The quantitative estimate of drug-likeness (QED) is 0.534. The van der Waals surface area contributed by atoms with Gasteiger partial charge in [0.05, 0.1) is 7.11 Å². The monoisotopic (exact) mass is 439 g/mol. The Labute approximate surface area is 182 Å². The van der Waals surface area contributed by atoms with E-state index in [0.717, 1.165) is 16.7 Å². The van der Waals surface area contributed by atoms with Crippen molar-refractivity contribution in [3.8, 4) is 5.75 Å². The normalized spacial score (nSPS) is 12.2. The Hall–Kier alpha value is -3.23. The van der Waals surface area contributed by atoms with E-state index in [9.17, 15) is 13.2 Å². The first-order chi connectivity index (χ1) is 14.9. The van der Waals surface area contributed by atoms with E-state index in [1.54, 1.807) is 37.5 Å². The van der Waals surface area contributed by atoms with Crippen molar-refractivity contribution in [3.05, 3.63) is 89.7 Å². The van der Waals surface area contributed by atoms with Crippen LogP contribution in [-0.2, 0) is 27.8 Å². The summed E-state index contributed by atoms with van der Waals surface area (Å²) in [7, 11) is -2.61. The molecule has 0 aliphatic heterocycles. The molecular weight excluding hydrogens is 414 g/mol. The fourth-order valence-corrected chi connectivity index (χ4v) is 4.55. The lowest BCUT2D eigenvalue weighted by molar-refractivity contribution is -0.122. The fourth-order valence-electron chi connectivity index (χ4n) is 3.10. The molecule has 7 nitrogen and oxygen atoms in total. The lowest BCUT2D eigenvalue weighted by Gasteiger charge is -2.20. The van der Waals surface area contributed by atoms with Gasteiger partial charge in [0.1, 0.15) is 16.7 Å². The number of aryl methyl sites for hydroxylation is 1. The molecule has 1 aromatic heterocycles. The second-order valence-corrected chi connectivity index (χ2v) is 8.78. The van der Waals surface area contributed by atoms with Gasteiger partial charge in [-0.3, -0.25) is 9.78 Å². The lowest BCUT2D eigenvalue weighted by Crippen LogP contribution is -2.47. The number of pyridine rings is 1. The second kappa shape index (κ2) is 10.2. The van der Waals surface area contributed by atoms with Gasteiger partial charge < -0.3 is 10.1 Å². The van der Waals surface area contributed by atoms with E-state index in [4.69, 9.17) is 4.74 Å². The smallest absolute Gasteiger partial charge is 0.244 e. The molecule has 0 bridgehead atoms. The standard InChI is InChI=1S/C23H25N3O4S/c1-17-10-11-21(30-2)22(13-17)31(28,29)26-20(14-18-7-4-3-5-8-18)23(27)25-16-19-9-6-12-24-15-19/h3-13,15,20,26H,14,16H2,1-2H3,(H,25,27)/t20-/m1/s1. The first-order valence-electron chi connectivity index (χ1n) is 9.76. The molecule has 2 aromatic carbocycles. The van der Waals surface area contributed by atoms with Crippen molar-refractivity contribution in [1.82, 2.24) is 15.0 Å². The summed E-state index contributed by atoms with van der Waals surface area (Å²) in [6.07, 6.45) is 3.49. The molecule has 3 rings (SSSR count). The molecule has 3 aromatic rings. The molecule has 1 amide bonds. The van der Waals surface area contributed by atoms with Crippen LogP contribution in [0.5, 0.6) is 5.75 Å². The number of carbonyl (C=O) groups is 1. The van der Waals surface area contributed by atoms with Gasteiger partial charge >= 0.3 is 0 Å². The maximum atomic E-state index is 13.2. The van der Waals surface area contributed by atoms with Gasteiger partial charge in [-0.05, 0) is 48.2 Å². The van der Waals surface area contributed by atoms with Crippen LogP contribution in [0, 0.1) is 6.92 Å². The van der Waals surface area contributed by atoms with Gasteiger partial charge in [-0.1, -0.05) is 42.5 Å². The van der Waals surface area contributed by atoms with Gasteiger partial charge in [-0.2, -0.15) is 4.72 Å². The summed E-state index contributed by atoms with van der Waals surface area (Å²) in [4.78, 5) is 17.0. The molecule has 0 spiro atoms. The van der Waals surface area contributed by atoms with Crippen LogP contribution in [-0.4, -0.2) is 32.5 Å². The summed E-state index contributed by atoms with van der Waals surface area (Å²) < 4.78 is 34.1. The molecule has 0 aliphatic rings. The Balaban J connectivity index is 1.85. The number of methoxy groups -OCH3 is 1. The molecule has 1 heterocycles. The minimum Gasteiger partial charge on any atom is -0.495 e. The highest BCUT2D eigenvalue weighted by molar-refractivity contribution is 7.89. The highest BCUT2D eigenvalue weighted by atomic mass is 32.2. The van der Waals surface area contributed by atoms with Crippen LogP contribution in [0.3, 0.4) is 0 Å². The van der Waals surface area contributed by atoms with Crippen LogP contribution >= 0.6 is 0 Å². The summed E-state index contributed by atoms with van der Waals surface area (Å²) in [5.74, 6) is -0.213. The molecule has 2 N–H and O–H groups in total. The second-order valence-electron chi connectivity index (χ2n) is 7.10. The summed E-state index contributed by atoms with van der Waals surface area (Å²) in [5.41, 5.74) is 2.42. The van der Waals surface area contributed by atoms with Crippen LogP contribution in [0.15, 0.2) is 78.0 Å². The first kappa shape index (κ1) is 22.5. The largest absolute Gasteiger partial charge is 0.495 e. The minimum atomic E-state index is -4.02. The third-order valence-corrected chi connectivity index (χ3v) is 6.19. The average molecular weight is 440 g/mol. The van der Waals surface area contributed by atoms with Gasteiger partial charge in [0.25, 0.3) is 0 Å². The third-order valence-electron chi connectivity index (χ3n) is 4.69. The highest BCUT2D eigenvalue weighted by Gasteiger charge is 2.28. The van der Waals surface area contributed by atoms with Crippen LogP contribution in [0.1, 0.15) is 16.7 Å². The first-order valence-corrected chi connectivity index (χ1v) is 11.2. The van der Waals surface area contributed by atoms with E-state index in [-0.39, 0.29) is 23.6 Å². The zero-order valence-corrected chi connectivity index (χ0v) is 18.2. The molecule has 0 saturated carbocycles. The predicted molar refractivity (Wildman–Crippen MR) is 118 cm³/mol. The van der Waals surface area contributed by atoms with E-state index in [1.165, 1.54) is 13.2 Å². The molecule has 0 radical (unpaired) electrons. The van der Waals surface area contributed by atoms with Crippen LogP contribution in [0.25, 0.3) is 0 Å². The molecule has 0 unspecified atom stereocenters. The summed E-state index contributed by atoms with van der Waals surface area (Å²) in [5, 5.41) is 2.80. The van der Waals surface area contributed by atoms with Crippen molar-refractivity contribution in [2.24, 2.45) is 0 Å². The van der Waals surface area contributed by atoms with E-state index in [1.807, 2.05) is 36.4 Å². The Kier molecular flexibility index (Phi) is 7.38. The number of carbonyl (C=O) groups excluding carboxylic acids is 1. The number of aromatic nitrogens is 1. The van der Waals surface area contributed by atoms with Crippen molar-refractivity contribution in [3.63, 3.8) is 0 Å². The SMILES string of the molecule is COc1ccc(C)cc1S(=O)(=O)N[C@H](Cc1ccccc1)C(=O)NCc1cccnc1. The molecule has 162 valence electrons. The average Bonchev–Trinajstić information content (AvgIpc) is 2.78. The molecule has 0 aliphatic carbocycles. The number of hydrogen-bond acceptors (Lipinski definition) is 5. The van der Waals surface area contributed by atoms with Crippen LogP contribution in [0.4, 0.5) is 0 Å². The van der Waals surface area contributed by atoms with Gasteiger partial charge in [0.15, 0.2) is 0 Å². The Bertz CT molecular complexity index is 1120. The number of rotatable bonds is 9. The predicted octanol–water partition coefficient (Wildman–Crippen LogP) is 2.60. The van der Waals surface area contributed by atoms with Crippen molar-refractivity contribution in [2.45, 2.75) is 30.8 Å². The number of sulfonamides is 1. The maximum absolute atomic E-state index is 13.2. The van der Waals surface area contributed by atoms with E-state index < -0.39 is 22.0 Å². The Morgan fingerprint density at radius 2 is 1.81 bits per heavy atom. The molecule has 31 heavy (non-hydrogen) atoms. The van der Waals surface area contributed by atoms with E-state index >= 15 is 0 Å². The summed E-state index contributed by atoms with van der Waals surface area (Å²) in [6, 6.07) is 16.7. The molecular formula is C23H25N3O4S. The molecule has 0 saturated heterocycles. The Morgan fingerprint density at radius 1 is 1.06 bits per heavy atom. The zero-order chi connectivity index (χ0) is 22.3. The number of amides is 1. The van der Waals surface area contributed by atoms with Gasteiger partial charge in [-0.15, -0.1) is 0 Å². The fraction of sp³-hybridized carbons (Fsp3) is 0.217. The third kappa shape index (κ3) is 6.13. The number of hydrogen-bond donors (Lipinski definition) is 2. The zero-order valence-electron chi connectivity index (χ0n) is 17.4. The van der Waals surface area contributed by atoms with Gasteiger partial charge in [0, 0.05) is 18.9 Å². The van der Waals surface area contributed by atoms with Crippen molar-refractivity contribution < 1.29 is 17.9 Å². The minimum absolute atomic E-state index is 0.00637. The van der Waals surface area contributed by atoms with Crippen molar-refractivity contribution in [2.75, 3.05) is 7.11 Å². The maximum Gasteiger partial charge on any atom is 0.244 e. The number of benzene rings is 2. The topological polar surface area (TPSA) is 97.4 Å². The molecule has 1 atom stereocenters. The van der Waals surface area contributed by atoms with Crippen molar-refractivity contribution in [1.29, 1.82) is 0 Å². The summed E-state index contributed by atoms with van der Waals surface area (Å²) >= 11 is 0. The highest BCUT2D eigenvalue weighted by Crippen LogP contribution is 2.25. The number of nitrogens with one attached hydrogen (secondary N) is 2. The van der Waals surface area contributed by atoms with Gasteiger partial charge in [-0.25, -0.2) is 8.42 Å². The lowest BCUT2D eigenvalue weighted by atomic mass is 10.1. The van der Waals surface area contributed by atoms with Gasteiger partial charge in [0.2, 0.25) is 15.9 Å². The number of ether oxygens (including phenoxy) is 1.